The number of phenolic OH excluding ortho intramolecular Hbond substituents is 2. The predicted octanol–water partition coefficient (Wildman–Crippen LogP) is -0.149. The summed E-state index contributed by atoms with van der Waals surface area (Å²) >= 11 is 0. The number of ether oxygens (including phenoxy) is 1. The first kappa shape index (κ1) is 17.5. The molecule has 1 rings (SSSR count). The SMILES string of the molecule is C[C@@](O)(C(=O)O)[C@@H](O)COC(=O)/C=C/c1ccc(O)c(O)c1. The monoisotopic (exact) mass is 312 g/mol. The molecule has 0 aromatic heterocycles. The average molecular weight is 312 g/mol. The lowest BCUT2D eigenvalue weighted by Gasteiger charge is -2.23. The van der Waals surface area contributed by atoms with Crippen LogP contribution < -0.4 is 0 Å². The normalized spacial score (nSPS) is 15.2. The average Bonchev–Trinajstić information content (AvgIpc) is 2.45. The van der Waals surface area contributed by atoms with Gasteiger partial charge in [0.25, 0.3) is 0 Å². The Bertz CT molecular complexity index is 591. The number of phenols is 2. The molecule has 0 radical (unpaired) electrons. The van der Waals surface area contributed by atoms with Crippen molar-refractivity contribution >= 4 is 18.0 Å². The van der Waals surface area contributed by atoms with Crippen molar-refractivity contribution in [3.63, 3.8) is 0 Å². The number of esters is 1. The number of aliphatic carboxylic acids is 1. The van der Waals surface area contributed by atoms with Crippen LogP contribution in [0.15, 0.2) is 24.3 Å². The van der Waals surface area contributed by atoms with E-state index in [0.29, 0.717) is 5.56 Å². The van der Waals surface area contributed by atoms with Gasteiger partial charge in [-0.2, -0.15) is 0 Å². The number of aromatic hydroxyl groups is 2. The molecule has 8 nitrogen and oxygen atoms in total. The van der Waals surface area contributed by atoms with Gasteiger partial charge in [-0.1, -0.05) is 6.07 Å². The zero-order valence-electron chi connectivity index (χ0n) is 11.6. The first-order valence-electron chi connectivity index (χ1n) is 6.15. The van der Waals surface area contributed by atoms with Crippen molar-refractivity contribution in [3.8, 4) is 11.5 Å². The van der Waals surface area contributed by atoms with Crippen LogP contribution in [0.5, 0.6) is 11.5 Å². The van der Waals surface area contributed by atoms with Crippen LogP contribution >= 0.6 is 0 Å². The van der Waals surface area contributed by atoms with Crippen LogP contribution in [0.2, 0.25) is 0 Å². The summed E-state index contributed by atoms with van der Waals surface area (Å²) in [5, 5.41) is 45.9. The number of carboxylic acid groups (broad SMARTS) is 1. The molecule has 22 heavy (non-hydrogen) atoms. The van der Waals surface area contributed by atoms with Gasteiger partial charge in [-0.3, -0.25) is 0 Å². The van der Waals surface area contributed by atoms with Gasteiger partial charge in [-0.15, -0.1) is 0 Å². The molecule has 0 heterocycles. The molecule has 0 aliphatic heterocycles. The van der Waals surface area contributed by atoms with E-state index in [0.717, 1.165) is 13.0 Å². The molecule has 0 aliphatic rings. The van der Waals surface area contributed by atoms with Gasteiger partial charge in [0.05, 0.1) is 0 Å². The molecule has 8 heteroatoms. The number of aliphatic hydroxyl groups excluding tert-OH is 1. The highest BCUT2D eigenvalue weighted by Crippen LogP contribution is 2.25. The number of carbonyl (C=O) groups excluding carboxylic acids is 1. The number of carbonyl (C=O) groups is 2. The van der Waals surface area contributed by atoms with E-state index in [9.17, 15) is 24.9 Å². The molecule has 0 fully saturated rings. The summed E-state index contributed by atoms with van der Waals surface area (Å²) in [6, 6.07) is 3.88. The Labute approximate surface area is 125 Å². The second-order valence-corrected chi connectivity index (χ2v) is 4.68. The third-order valence-electron chi connectivity index (χ3n) is 2.88. The van der Waals surface area contributed by atoms with Crippen molar-refractivity contribution < 1.29 is 39.9 Å². The molecular formula is C14H16O8. The number of rotatable bonds is 6. The van der Waals surface area contributed by atoms with Gasteiger partial charge in [0.15, 0.2) is 17.1 Å². The molecule has 5 N–H and O–H groups in total. The van der Waals surface area contributed by atoms with E-state index >= 15 is 0 Å². The van der Waals surface area contributed by atoms with Gasteiger partial charge >= 0.3 is 11.9 Å². The van der Waals surface area contributed by atoms with E-state index in [1.165, 1.54) is 24.3 Å². The van der Waals surface area contributed by atoms with Crippen LogP contribution in [-0.2, 0) is 14.3 Å². The predicted molar refractivity (Wildman–Crippen MR) is 74.0 cm³/mol. The maximum atomic E-state index is 11.4. The molecule has 1 aromatic rings. The van der Waals surface area contributed by atoms with Crippen molar-refractivity contribution in [2.75, 3.05) is 6.61 Å². The summed E-state index contributed by atoms with van der Waals surface area (Å²) in [4.78, 5) is 22.1. The van der Waals surface area contributed by atoms with E-state index in [4.69, 9.17) is 10.2 Å². The highest BCUT2D eigenvalue weighted by Gasteiger charge is 2.39. The van der Waals surface area contributed by atoms with Gasteiger partial charge in [0.2, 0.25) is 0 Å². The first-order chi connectivity index (χ1) is 10.1. The smallest absolute Gasteiger partial charge is 0.338 e. The lowest BCUT2D eigenvalue weighted by atomic mass is 10.0. The van der Waals surface area contributed by atoms with Crippen molar-refractivity contribution in [3.05, 3.63) is 29.8 Å². The third kappa shape index (κ3) is 4.47. The standard InChI is InChI=1S/C14H16O8/c1-14(21,13(19)20)11(17)7-22-12(18)5-3-8-2-4-9(15)10(16)6-8/h2-6,11,15-17,21H,7H2,1H3,(H,19,20)/b5-3+/t11-,14-/m0/s1. The van der Waals surface area contributed by atoms with Gasteiger partial charge in [-0.25, -0.2) is 9.59 Å². The van der Waals surface area contributed by atoms with Crippen LogP contribution in [0.1, 0.15) is 12.5 Å². The van der Waals surface area contributed by atoms with E-state index in [1.54, 1.807) is 0 Å². The quantitative estimate of drug-likeness (QED) is 0.277. The maximum absolute atomic E-state index is 11.4. The Morgan fingerprint density at radius 1 is 1.32 bits per heavy atom. The Morgan fingerprint density at radius 2 is 1.95 bits per heavy atom. The fourth-order valence-electron chi connectivity index (χ4n) is 1.32. The Hall–Kier alpha value is -2.58. The Morgan fingerprint density at radius 3 is 2.50 bits per heavy atom. The first-order valence-corrected chi connectivity index (χ1v) is 6.15. The summed E-state index contributed by atoms with van der Waals surface area (Å²) in [5.41, 5.74) is -2.03. The lowest BCUT2D eigenvalue weighted by molar-refractivity contribution is -0.175. The zero-order chi connectivity index (χ0) is 16.9. The van der Waals surface area contributed by atoms with Crippen LogP contribution in [0.25, 0.3) is 6.08 Å². The van der Waals surface area contributed by atoms with E-state index in [1.807, 2.05) is 0 Å². The molecule has 1 aromatic carbocycles. The van der Waals surface area contributed by atoms with Gasteiger partial charge in [0.1, 0.15) is 12.7 Å². The second kappa shape index (κ2) is 6.92. The molecule has 0 saturated heterocycles. The Kier molecular flexibility index (Phi) is 5.50. The summed E-state index contributed by atoms with van der Waals surface area (Å²) < 4.78 is 4.61. The highest BCUT2D eigenvalue weighted by molar-refractivity contribution is 5.87. The Balaban J connectivity index is 2.58. The fourth-order valence-corrected chi connectivity index (χ4v) is 1.32. The van der Waals surface area contributed by atoms with Crippen LogP contribution in [0.4, 0.5) is 0 Å². The number of hydrogen-bond donors (Lipinski definition) is 5. The molecule has 2 atom stereocenters. The minimum atomic E-state index is -2.44. The number of aliphatic hydroxyl groups is 2. The molecule has 0 aliphatic carbocycles. The van der Waals surface area contributed by atoms with E-state index in [-0.39, 0.29) is 11.5 Å². The molecule has 0 bridgehead atoms. The van der Waals surface area contributed by atoms with Gasteiger partial charge in [-0.05, 0) is 30.7 Å². The molecule has 0 spiro atoms. The molecule has 0 unspecified atom stereocenters. The topological polar surface area (TPSA) is 145 Å². The fraction of sp³-hybridized carbons (Fsp3) is 0.286. The zero-order valence-corrected chi connectivity index (χ0v) is 11.6. The maximum Gasteiger partial charge on any atom is 0.338 e. The van der Waals surface area contributed by atoms with E-state index in [2.05, 4.69) is 4.74 Å². The van der Waals surface area contributed by atoms with Crippen LogP contribution in [0, 0.1) is 0 Å². The van der Waals surface area contributed by atoms with Crippen molar-refractivity contribution in [2.24, 2.45) is 0 Å². The molecule has 0 amide bonds. The van der Waals surface area contributed by atoms with Crippen molar-refractivity contribution in [1.82, 2.24) is 0 Å². The van der Waals surface area contributed by atoms with Crippen LogP contribution in [0.3, 0.4) is 0 Å². The van der Waals surface area contributed by atoms with Crippen molar-refractivity contribution in [2.45, 2.75) is 18.6 Å². The number of hydrogen-bond acceptors (Lipinski definition) is 7. The number of carboxylic acids is 1. The summed E-state index contributed by atoms with van der Waals surface area (Å²) in [6.45, 7) is 0.173. The second-order valence-electron chi connectivity index (χ2n) is 4.68. The highest BCUT2D eigenvalue weighted by atomic mass is 16.5. The van der Waals surface area contributed by atoms with Gasteiger partial charge in [0, 0.05) is 6.08 Å². The minimum absolute atomic E-state index is 0.307. The third-order valence-corrected chi connectivity index (χ3v) is 2.88. The van der Waals surface area contributed by atoms with Gasteiger partial charge < -0.3 is 30.3 Å². The van der Waals surface area contributed by atoms with Crippen LogP contribution in [-0.4, -0.2) is 55.8 Å². The summed E-state index contributed by atoms with van der Waals surface area (Å²) in [7, 11) is 0. The summed E-state index contributed by atoms with van der Waals surface area (Å²) in [6.07, 6.45) is 0.470. The summed E-state index contributed by atoms with van der Waals surface area (Å²) in [5.74, 6) is -3.19. The number of benzene rings is 1. The molecule has 0 saturated carbocycles. The van der Waals surface area contributed by atoms with E-state index < -0.39 is 30.3 Å². The molecular weight excluding hydrogens is 296 g/mol. The minimum Gasteiger partial charge on any atom is -0.504 e. The largest absolute Gasteiger partial charge is 0.504 e. The lowest BCUT2D eigenvalue weighted by Crippen LogP contribution is -2.49. The molecule has 120 valence electrons. The van der Waals surface area contributed by atoms with Crippen molar-refractivity contribution in [1.29, 1.82) is 0 Å².